The van der Waals surface area contributed by atoms with Crippen molar-refractivity contribution >= 4 is 22.6 Å². The van der Waals surface area contributed by atoms with Crippen LogP contribution >= 0.6 is 0 Å². The van der Waals surface area contributed by atoms with Crippen molar-refractivity contribution in [2.75, 3.05) is 5.32 Å². The van der Waals surface area contributed by atoms with Crippen LogP contribution in [0.15, 0.2) is 82.6 Å². The Bertz CT molecular complexity index is 1280. The number of para-hydroxylation sites is 1. The highest BCUT2D eigenvalue weighted by atomic mass is 16.2. The van der Waals surface area contributed by atoms with Crippen molar-refractivity contribution in [1.29, 1.82) is 0 Å². The molecule has 0 aliphatic heterocycles. The summed E-state index contributed by atoms with van der Waals surface area (Å²) in [6.07, 6.45) is 3.07. The van der Waals surface area contributed by atoms with Gasteiger partial charge in [-0.2, -0.15) is 0 Å². The number of hydrogen-bond donors (Lipinski definition) is 1. The van der Waals surface area contributed by atoms with Gasteiger partial charge in [0.05, 0.1) is 17.8 Å². The lowest BCUT2D eigenvalue weighted by molar-refractivity contribution is -0.116. The molecule has 4 rings (SSSR count). The van der Waals surface area contributed by atoms with Crippen molar-refractivity contribution in [3.8, 4) is 0 Å². The Morgan fingerprint density at radius 1 is 0.862 bits per heavy atom. The monoisotopic (exact) mass is 387 g/mol. The molecule has 0 unspecified atom stereocenters. The largest absolute Gasteiger partial charge is 0.332 e. The SMILES string of the molecule is O=C(Cn1c(=O)n(Cc2ccccn2)c(=O)c2ncccc21)Nc1ccccc1. The number of carbonyl (C=O) groups is 1. The standard InChI is InChI=1S/C21H17N5O3/c27-18(24-15-7-2-1-3-8-15)14-25-17-10-6-12-23-19(17)20(28)26(21(25)29)13-16-9-4-5-11-22-16/h1-12H,13-14H2,(H,24,27). The van der Waals surface area contributed by atoms with Gasteiger partial charge in [-0.1, -0.05) is 24.3 Å². The number of pyridine rings is 2. The molecule has 3 heterocycles. The van der Waals surface area contributed by atoms with Crippen LogP contribution in [-0.2, 0) is 17.9 Å². The second-order valence-electron chi connectivity index (χ2n) is 6.37. The molecule has 0 aliphatic carbocycles. The number of benzene rings is 1. The van der Waals surface area contributed by atoms with Crippen LogP contribution < -0.4 is 16.6 Å². The molecule has 0 radical (unpaired) electrons. The minimum atomic E-state index is -0.593. The number of nitrogens with zero attached hydrogens (tertiary/aromatic N) is 4. The van der Waals surface area contributed by atoms with Crippen molar-refractivity contribution in [3.05, 3.63) is 99.6 Å². The fraction of sp³-hybridized carbons (Fsp3) is 0.0952. The predicted octanol–water partition coefficient (Wildman–Crippen LogP) is 1.64. The lowest BCUT2D eigenvalue weighted by Gasteiger charge is -2.13. The van der Waals surface area contributed by atoms with Crippen molar-refractivity contribution in [2.24, 2.45) is 0 Å². The fourth-order valence-electron chi connectivity index (χ4n) is 3.05. The van der Waals surface area contributed by atoms with Gasteiger partial charge in [-0.15, -0.1) is 0 Å². The van der Waals surface area contributed by atoms with E-state index in [0.717, 1.165) is 4.57 Å². The Balaban J connectivity index is 1.77. The first-order valence-electron chi connectivity index (χ1n) is 8.96. The van der Waals surface area contributed by atoms with Gasteiger partial charge in [-0.25, -0.2) is 9.78 Å². The maximum atomic E-state index is 13.1. The average molecular weight is 387 g/mol. The summed E-state index contributed by atoms with van der Waals surface area (Å²) in [5.74, 6) is -0.383. The minimum absolute atomic E-state index is 0.00861. The summed E-state index contributed by atoms with van der Waals surface area (Å²) in [7, 11) is 0. The topological polar surface area (TPSA) is 98.9 Å². The van der Waals surface area contributed by atoms with E-state index in [1.165, 1.54) is 10.8 Å². The summed E-state index contributed by atoms with van der Waals surface area (Å²) in [5, 5.41) is 2.75. The Kier molecular flexibility index (Phi) is 4.98. The number of rotatable bonds is 5. The summed E-state index contributed by atoms with van der Waals surface area (Å²) in [6.45, 7) is -0.260. The second-order valence-corrected chi connectivity index (χ2v) is 6.37. The van der Waals surface area contributed by atoms with Gasteiger partial charge in [0, 0.05) is 18.1 Å². The number of amides is 1. The van der Waals surface area contributed by atoms with Crippen LogP contribution in [0, 0.1) is 0 Å². The van der Waals surface area contributed by atoms with Gasteiger partial charge >= 0.3 is 5.69 Å². The van der Waals surface area contributed by atoms with Gasteiger partial charge in [-0.3, -0.25) is 23.7 Å². The summed E-state index contributed by atoms with van der Waals surface area (Å²) < 4.78 is 2.30. The van der Waals surface area contributed by atoms with Crippen LogP contribution in [0.1, 0.15) is 5.69 Å². The first-order valence-corrected chi connectivity index (χ1v) is 8.96. The van der Waals surface area contributed by atoms with E-state index in [1.54, 1.807) is 60.8 Å². The van der Waals surface area contributed by atoms with Crippen LogP contribution in [0.2, 0.25) is 0 Å². The molecule has 144 valence electrons. The molecular formula is C21H17N5O3. The van der Waals surface area contributed by atoms with Gasteiger partial charge in [0.15, 0.2) is 5.52 Å². The van der Waals surface area contributed by atoms with E-state index in [-0.39, 0.29) is 24.5 Å². The first kappa shape index (κ1) is 18.3. The molecule has 4 aromatic rings. The van der Waals surface area contributed by atoms with Gasteiger partial charge in [0.1, 0.15) is 6.54 Å². The summed E-state index contributed by atoms with van der Waals surface area (Å²) in [4.78, 5) is 46.8. The molecule has 0 aliphatic rings. The third-order valence-corrected chi connectivity index (χ3v) is 4.39. The van der Waals surface area contributed by atoms with Gasteiger partial charge in [0.25, 0.3) is 5.56 Å². The van der Waals surface area contributed by atoms with E-state index in [4.69, 9.17) is 0 Å². The molecule has 1 N–H and O–H groups in total. The normalized spacial score (nSPS) is 10.8. The molecule has 0 atom stereocenters. The van der Waals surface area contributed by atoms with Gasteiger partial charge < -0.3 is 5.32 Å². The molecule has 0 bridgehead atoms. The molecule has 3 aromatic heterocycles. The van der Waals surface area contributed by atoms with Crippen molar-refractivity contribution < 1.29 is 4.79 Å². The third-order valence-electron chi connectivity index (χ3n) is 4.39. The highest BCUT2D eigenvalue weighted by Crippen LogP contribution is 2.08. The fourth-order valence-corrected chi connectivity index (χ4v) is 3.05. The summed E-state index contributed by atoms with van der Waals surface area (Å²) in [6, 6.07) is 17.4. The Morgan fingerprint density at radius 3 is 2.38 bits per heavy atom. The van der Waals surface area contributed by atoms with Crippen LogP contribution in [0.5, 0.6) is 0 Å². The zero-order valence-electron chi connectivity index (χ0n) is 15.4. The third kappa shape index (κ3) is 3.81. The molecule has 0 saturated heterocycles. The van der Waals surface area contributed by atoms with Gasteiger partial charge in [-0.05, 0) is 36.4 Å². The number of carbonyl (C=O) groups excluding carboxylic acids is 1. The molecule has 1 amide bonds. The van der Waals surface area contributed by atoms with Crippen LogP contribution in [0.4, 0.5) is 5.69 Å². The van der Waals surface area contributed by atoms with Crippen molar-refractivity contribution in [2.45, 2.75) is 13.1 Å². The number of hydrogen-bond acceptors (Lipinski definition) is 5. The molecule has 8 nitrogen and oxygen atoms in total. The Hall–Kier alpha value is -4.07. The molecule has 8 heteroatoms. The van der Waals surface area contributed by atoms with E-state index < -0.39 is 11.2 Å². The summed E-state index contributed by atoms with van der Waals surface area (Å²) >= 11 is 0. The van der Waals surface area contributed by atoms with E-state index in [0.29, 0.717) is 16.9 Å². The predicted molar refractivity (Wildman–Crippen MR) is 109 cm³/mol. The van der Waals surface area contributed by atoms with E-state index in [1.807, 2.05) is 6.07 Å². The number of anilines is 1. The summed E-state index contributed by atoms with van der Waals surface area (Å²) in [5.41, 5.74) is 0.496. The minimum Gasteiger partial charge on any atom is -0.325 e. The van der Waals surface area contributed by atoms with Gasteiger partial charge in [0.2, 0.25) is 5.91 Å². The Labute approximate surface area is 165 Å². The molecule has 0 fully saturated rings. The maximum absolute atomic E-state index is 13.1. The first-order chi connectivity index (χ1) is 14.1. The molecule has 0 saturated carbocycles. The number of nitrogens with one attached hydrogen (secondary N) is 1. The van der Waals surface area contributed by atoms with Crippen LogP contribution in [0.3, 0.4) is 0 Å². The average Bonchev–Trinajstić information content (AvgIpc) is 2.75. The molecular weight excluding hydrogens is 370 g/mol. The zero-order chi connectivity index (χ0) is 20.2. The number of aromatic nitrogens is 4. The van der Waals surface area contributed by atoms with E-state index >= 15 is 0 Å². The maximum Gasteiger partial charge on any atom is 0.332 e. The lowest BCUT2D eigenvalue weighted by Crippen LogP contribution is -2.42. The molecule has 29 heavy (non-hydrogen) atoms. The second kappa shape index (κ2) is 7.89. The van der Waals surface area contributed by atoms with Crippen LogP contribution in [0.25, 0.3) is 11.0 Å². The quantitative estimate of drug-likeness (QED) is 0.561. The highest BCUT2D eigenvalue weighted by Gasteiger charge is 2.16. The smallest absolute Gasteiger partial charge is 0.325 e. The highest BCUT2D eigenvalue weighted by molar-refractivity contribution is 5.91. The zero-order valence-corrected chi connectivity index (χ0v) is 15.4. The number of fused-ring (bicyclic) bond motifs is 1. The Morgan fingerprint density at radius 2 is 1.62 bits per heavy atom. The molecule has 0 spiro atoms. The van der Waals surface area contributed by atoms with Crippen molar-refractivity contribution in [3.63, 3.8) is 0 Å². The van der Waals surface area contributed by atoms with E-state index in [9.17, 15) is 14.4 Å². The lowest BCUT2D eigenvalue weighted by atomic mass is 10.3. The van der Waals surface area contributed by atoms with Crippen molar-refractivity contribution in [1.82, 2.24) is 19.1 Å². The molecule has 1 aromatic carbocycles. The van der Waals surface area contributed by atoms with Crippen LogP contribution in [-0.4, -0.2) is 25.0 Å². The van der Waals surface area contributed by atoms with E-state index in [2.05, 4.69) is 15.3 Å².